The minimum atomic E-state index is -0.264. The van der Waals surface area contributed by atoms with E-state index < -0.39 is 0 Å². The van der Waals surface area contributed by atoms with Crippen LogP contribution in [0.25, 0.3) is 5.69 Å². The lowest BCUT2D eigenvalue weighted by atomic mass is 10.2. The minimum Gasteiger partial charge on any atom is -0.497 e. The highest BCUT2D eigenvalue weighted by molar-refractivity contribution is 6.05. The molecule has 0 spiro atoms. The number of amides is 2. The molecule has 8 nitrogen and oxygen atoms in total. The number of aromatic nitrogens is 2. The Morgan fingerprint density at radius 2 is 1.75 bits per heavy atom. The summed E-state index contributed by atoms with van der Waals surface area (Å²) < 4.78 is 12.2. The third kappa shape index (κ3) is 4.29. The van der Waals surface area contributed by atoms with Crippen molar-refractivity contribution in [3.63, 3.8) is 0 Å². The highest BCUT2D eigenvalue weighted by Crippen LogP contribution is 2.29. The Hall–Kier alpha value is -3.81. The van der Waals surface area contributed by atoms with Crippen LogP contribution in [0.5, 0.6) is 11.5 Å². The third-order valence-electron chi connectivity index (χ3n) is 3.97. The predicted molar refractivity (Wildman–Crippen MR) is 105 cm³/mol. The van der Waals surface area contributed by atoms with Crippen molar-refractivity contribution in [2.45, 2.75) is 6.92 Å². The fourth-order valence-corrected chi connectivity index (χ4v) is 2.59. The molecule has 1 aromatic heterocycles. The number of nitrogens with one attached hydrogen (secondary N) is 2. The summed E-state index contributed by atoms with van der Waals surface area (Å²) in [5.41, 5.74) is 1.85. The molecule has 0 aliphatic carbocycles. The number of ether oxygens (including phenoxy) is 2. The van der Waals surface area contributed by atoms with Crippen LogP contribution in [0.15, 0.2) is 55.0 Å². The summed E-state index contributed by atoms with van der Waals surface area (Å²) in [6, 6.07) is 12.2. The lowest BCUT2D eigenvalue weighted by molar-refractivity contribution is -0.114. The Labute approximate surface area is 162 Å². The molecule has 1 heterocycles. The Kier molecular flexibility index (Phi) is 5.59. The van der Waals surface area contributed by atoms with Crippen molar-refractivity contribution in [2.24, 2.45) is 0 Å². The molecule has 0 unspecified atom stereocenters. The monoisotopic (exact) mass is 380 g/mol. The molecule has 144 valence electrons. The third-order valence-corrected chi connectivity index (χ3v) is 3.97. The van der Waals surface area contributed by atoms with E-state index in [1.165, 1.54) is 14.0 Å². The number of imidazole rings is 1. The van der Waals surface area contributed by atoms with Crippen LogP contribution in [0.4, 0.5) is 11.5 Å². The van der Waals surface area contributed by atoms with Crippen LogP contribution in [0, 0.1) is 0 Å². The number of carbonyl (C=O) groups excluding carboxylic acids is 2. The Morgan fingerprint density at radius 3 is 2.39 bits per heavy atom. The van der Waals surface area contributed by atoms with Crippen molar-refractivity contribution >= 4 is 23.3 Å². The first kappa shape index (κ1) is 19.0. The van der Waals surface area contributed by atoms with Gasteiger partial charge in [-0.3, -0.25) is 9.59 Å². The van der Waals surface area contributed by atoms with Crippen LogP contribution in [-0.2, 0) is 4.79 Å². The second kappa shape index (κ2) is 8.26. The van der Waals surface area contributed by atoms with E-state index >= 15 is 0 Å². The van der Waals surface area contributed by atoms with Crippen LogP contribution < -0.4 is 20.1 Å². The van der Waals surface area contributed by atoms with E-state index in [9.17, 15) is 9.59 Å². The van der Waals surface area contributed by atoms with Gasteiger partial charge in [0.1, 0.15) is 17.8 Å². The predicted octanol–water partition coefficient (Wildman–Crippen LogP) is 3.10. The van der Waals surface area contributed by atoms with E-state index in [0.29, 0.717) is 28.6 Å². The van der Waals surface area contributed by atoms with E-state index in [1.54, 1.807) is 66.7 Å². The lowest BCUT2D eigenvalue weighted by Gasteiger charge is -2.12. The number of benzene rings is 2. The molecule has 2 aromatic carbocycles. The number of anilines is 2. The highest BCUT2D eigenvalue weighted by Gasteiger charge is 2.11. The minimum absolute atomic E-state index is 0.189. The molecule has 0 bridgehead atoms. The van der Waals surface area contributed by atoms with Gasteiger partial charge in [0.25, 0.3) is 5.91 Å². The summed E-state index contributed by atoms with van der Waals surface area (Å²) in [6.45, 7) is 1.42. The van der Waals surface area contributed by atoms with Crippen molar-refractivity contribution in [1.29, 1.82) is 0 Å². The topological polar surface area (TPSA) is 94.5 Å². The summed E-state index contributed by atoms with van der Waals surface area (Å²) >= 11 is 0. The van der Waals surface area contributed by atoms with Gasteiger partial charge in [-0.25, -0.2) is 4.98 Å². The Bertz CT molecular complexity index is 996. The molecule has 28 heavy (non-hydrogen) atoms. The van der Waals surface area contributed by atoms with E-state index in [1.807, 2.05) is 0 Å². The molecule has 8 heteroatoms. The number of hydrogen-bond acceptors (Lipinski definition) is 5. The van der Waals surface area contributed by atoms with E-state index in [4.69, 9.17) is 9.47 Å². The fraction of sp³-hybridized carbons (Fsp3) is 0.150. The fourth-order valence-electron chi connectivity index (χ4n) is 2.59. The van der Waals surface area contributed by atoms with E-state index in [2.05, 4.69) is 15.6 Å². The highest BCUT2D eigenvalue weighted by atomic mass is 16.5. The number of carbonyl (C=O) groups is 2. The van der Waals surface area contributed by atoms with Gasteiger partial charge in [0.05, 0.1) is 26.1 Å². The molecular formula is C20H20N4O4. The molecule has 2 N–H and O–H groups in total. The molecule has 0 aliphatic heterocycles. The molecule has 3 aromatic rings. The van der Waals surface area contributed by atoms with E-state index in [-0.39, 0.29) is 11.8 Å². The average molecular weight is 380 g/mol. The van der Waals surface area contributed by atoms with Crippen LogP contribution in [-0.4, -0.2) is 35.6 Å². The van der Waals surface area contributed by atoms with Crippen LogP contribution in [0.3, 0.4) is 0 Å². The first-order valence-electron chi connectivity index (χ1n) is 8.45. The molecule has 0 aliphatic rings. The summed E-state index contributed by atoms with van der Waals surface area (Å²) in [7, 11) is 3.09. The standard InChI is InChI=1S/C20H20N4O4/c1-13(25)22-19-11-24(12-21-19)15-6-4-14(5-7-15)20(26)23-17-9-8-16(27-2)10-18(17)28-3/h4-12H,1-3H3,(H,22,25)(H,23,26). The molecule has 0 fully saturated rings. The van der Waals surface area contributed by atoms with Crippen molar-refractivity contribution in [3.05, 3.63) is 60.6 Å². The number of hydrogen-bond donors (Lipinski definition) is 2. The Balaban J connectivity index is 1.73. The van der Waals surface area contributed by atoms with Gasteiger partial charge >= 0.3 is 0 Å². The van der Waals surface area contributed by atoms with Gasteiger partial charge in [-0.1, -0.05) is 0 Å². The maximum atomic E-state index is 12.5. The zero-order valence-electron chi connectivity index (χ0n) is 15.7. The molecule has 2 amide bonds. The maximum Gasteiger partial charge on any atom is 0.255 e. The largest absolute Gasteiger partial charge is 0.497 e. The summed E-state index contributed by atoms with van der Waals surface area (Å²) in [5.74, 6) is 1.15. The van der Waals surface area contributed by atoms with Crippen molar-refractivity contribution in [1.82, 2.24) is 9.55 Å². The molecule has 3 rings (SSSR count). The molecule has 0 saturated carbocycles. The van der Waals surface area contributed by atoms with Crippen LogP contribution >= 0.6 is 0 Å². The zero-order chi connectivity index (χ0) is 20.1. The maximum absolute atomic E-state index is 12.5. The first-order chi connectivity index (χ1) is 13.5. The molecule has 0 radical (unpaired) electrons. The van der Waals surface area contributed by atoms with Gasteiger partial charge in [-0.2, -0.15) is 0 Å². The second-order valence-corrected chi connectivity index (χ2v) is 5.91. The quantitative estimate of drug-likeness (QED) is 0.685. The average Bonchev–Trinajstić information content (AvgIpc) is 3.16. The lowest BCUT2D eigenvalue weighted by Crippen LogP contribution is -2.12. The first-order valence-corrected chi connectivity index (χ1v) is 8.45. The van der Waals surface area contributed by atoms with Crippen LogP contribution in [0.2, 0.25) is 0 Å². The smallest absolute Gasteiger partial charge is 0.255 e. The van der Waals surface area contributed by atoms with Crippen LogP contribution in [0.1, 0.15) is 17.3 Å². The SMILES string of the molecule is COc1ccc(NC(=O)c2ccc(-n3cnc(NC(C)=O)c3)cc2)c(OC)c1. The van der Waals surface area contributed by atoms with Gasteiger partial charge in [0.15, 0.2) is 5.82 Å². The summed E-state index contributed by atoms with van der Waals surface area (Å²) in [4.78, 5) is 27.7. The van der Waals surface area contributed by atoms with Gasteiger partial charge in [-0.05, 0) is 36.4 Å². The van der Waals surface area contributed by atoms with Gasteiger partial charge in [0, 0.05) is 24.2 Å². The molecule has 0 saturated heterocycles. The zero-order valence-corrected chi connectivity index (χ0v) is 15.7. The van der Waals surface area contributed by atoms with Gasteiger partial charge < -0.3 is 24.7 Å². The number of nitrogens with zero attached hydrogens (tertiary/aromatic N) is 2. The van der Waals surface area contributed by atoms with Gasteiger partial charge in [-0.15, -0.1) is 0 Å². The normalized spacial score (nSPS) is 10.2. The number of rotatable bonds is 6. The van der Waals surface area contributed by atoms with Crippen molar-refractivity contribution in [3.8, 4) is 17.2 Å². The van der Waals surface area contributed by atoms with Gasteiger partial charge in [0.2, 0.25) is 5.91 Å². The Morgan fingerprint density at radius 1 is 1.00 bits per heavy atom. The van der Waals surface area contributed by atoms with Crippen molar-refractivity contribution in [2.75, 3.05) is 24.9 Å². The second-order valence-electron chi connectivity index (χ2n) is 5.91. The van der Waals surface area contributed by atoms with Crippen molar-refractivity contribution < 1.29 is 19.1 Å². The van der Waals surface area contributed by atoms with E-state index in [0.717, 1.165) is 5.69 Å². The molecule has 0 atom stereocenters. The summed E-state index contributed by atoms with van der Waals surface area (Å²) in [5, 5.41) is 5.44. The molecular weight excluding hydrogens is 360 g/mol. The number of methoxy groups -OCH3 is 2. The summed E-state index contributed by atoms with van der Waals surface area (Å²) in [6.07, 6.45) is 3.28.